The number of hydrogen-bond donors (Lipinski definition) is 5. The predicted octanol–water partition coefficient (Wildman–Crippen LogP) is -0.0948. The van der Waals surface area contributed by atoms with Gasteiger partial charge in [-0.15, -0.1) is 0 Å². The molecule has 9 heteroatoms. The number of nitrogen functional groups attached to an aromatic ring is 1. The molecule has 0 atom stereocenters. The third-order valence-corrected chi connectivity index (χ3v) is 2.98. The van der Waals surface area contributed by atoms with Crippen molar-refractivity contribution >= 4 is 17.8 Å². The molecule has 0 amide bonds. The number of aromatic carboxylic acids is 2. The van der Waals surface area contributed by atoms with Crippen LogP contribution in [0, 0.1) is 5.41 Å². The Morgan fingerprint density at radius 1 is 1.27 bits per heavy atom. The van der Waals surface area contributed by atoms with Gasteiger partial charge in [-0.05, 0) is 11.6 Å². The number of aromatic nitrogens is 2. The predicted molar refractivity (Wildman–Crippen MR) is 75.5 cm³/mol. The summed E-state index contributed by atoms with van der Waals surface area (Å²) < 4.78 is 0.811. The van der Waals surface area contributed by atoms with Gasteiger partial charge in [0.05, 0.1) is 6.54 Å². The van der Waals surface area contributed by atoms with Crippen molar-refractivity contribution in [1.82, 2.24) is 9.55 Å². The second kappa shape index (κ2) is 5.56. The fourth-order valence-corrected chi connectivity index (χ4v) is 2.02. The van der Waals surface area contributed by atoms with Crippen LogP contribution in [0.4, 0.5) is 0 Å². The van der Waals surface area contributed by atoms with Crippen LogP contribution >= 0.6 is 0 Å². The van der Waals surface area contributed by atoms with E-state index in [1.54, 1.807) is 18.2 Å². The lowest BCUT2D eigenvalue weighted by Crippen LogP contribution is -2.22. The normalized spacial score (nSPS) is 10.4. The van der Waals surface area contributed by atoms with Gasteiger partial charge in [0.2, 0.25) is 0 Å². The first-order valence-corrected chi connectivity index (χ1v) is 6.04. The first-order valence-electron chi connectivity index (χ1n) is 6.04. The van der Waals surface area contributed by atoms with E-state index in [4.69, 9.17) is 21.4 Å². The Bertz CT molecular complexity index is 833. The van der Waals surface area contributed by atoms with Crippen molar-refractivity contribution in [2.45, 2.75) is 6.54 Å². The van der Waals surface area contributed by atoms with E-state index in [0.29, 0.717) is 11.1 Å². The van der Waals surface area contributed by atoms with E-state index in [2.05, 4.69) is 0 Å². The van der Waals surface area contributed by atoms with E-state index in [1.165, 1.54) is 6.07 Å². The number of carbonyl (C=O) groups is 2. The molecule has 0 saturated heterocycles. The molecular formula is C13H12N4O5. The largest absolute Gasteiger partial charge is 0.477 e. The van der Waals surface area contributed by atoms with Crippen LogP contribution in [0.2, 0.25) is 0 Å². The van der Waals surface area contributed by atoms with Gasteiger partial charge in [-0.3, -0.25) is 15.0 Å². The van der Waals surface area contributed by atoms with Crippen LogP contribution in [0.15, 0.2) is 29.1 Å². The Hall–Kier alpha value is -3.36. The lowest BCUT2D eigenvalue weighted by Gasteiger charge is -2.07. The Kier molecular flexibility index (Phi) is 3.80. The Balaban J connectivity index is 2.52. The molecule has 114 valence electrons. The molecule has 0 aliphatic carbocycles. The van der Waals surface area contributed by atoms with Gasteiger partial charge in [-0.1, -0.05) is 18.2 Å². The van der Waals surface area contributed by atoms with E-state index < -0.39 is 29.0 Å². The number of nitrogens with two attached hydrogens (primary N) is 1. The van der Waals surface area contributed by atoms with E-state index >= 15 is 0 Å². The minimum Gasteiger partial charge on any atom is -0.477 e. The molecule has 0 unspecified atom stereocenters. The Morgan fingerprint density at radius 3 is 2.50 bits per heavy atom. The van der Waals surface area contributed by atoms with Crippen LogP contribution < -0.4 is 11.4 Å². The van der Waals surface area contributed by atoms with Crippen molar-refractivity contribution in [3.63, 3.8) is 0 Å². The van der Waals surface area contributed by atoms with Crippen LogP contribution in [0.5, 0.6) is 0 Å². The van der Waals surface area contributed by atoms with Gasteiger partial charge in [0.1, 0.15) is 5.84 Å². The number of rotatable bonds is 5. The van der Waals surface area contributed by atoms with Crippen LogP contribution in [-0.2, 0) is 6.54 Å². The SMILES string of the molecule is N=C(N)c1cccc(Cn2c(C(=O)O)c(C(=O)O)[nH]c2=O)c1. The van der Waals surface area contributed by atoms with Crippen LogP contribution in [0.25, 0.3) is 0 Å². The van der Waals surface area contributed by atoms with Crippen LogP contribution in [0.3, 0.4) is 0 Å². The van der Waals surface area contributed by atoms with E-state index in [1.807, 2.05) is 4.98 Å². The van der Waals surface area contributed by atoms with Crippen molar-refractivity contribution in [3.05, 3.63) is 57.3 Å². The molecule has 6 N–H and O–H groups in total. The molecule has 1 heterocycles. The topological polar surface area (TPSA) is 162 Å². The number of imidazole rings is 1. The summed E-state index contributed by atoms with van der Waals surface area (Å²) in [6.07, 6.45) is 0. The van der Waals surface area contributed by atoms with Gasteiger partial charge in [-0.2, -0.15) is 0 Å². The smallest absolute Gasteiger partial charge is 0.355 e. The maximum atomic E-state index is 11.8. The standard InChI is InChI=1S/C13H12N4O5/c14-10(15)7-3-1-2-6(4-7)5-17-9(12(20)21)8(11(18)19)16-13(17)22/h1-4H,5H2,(H3,14,15)(H,16,22)(H,18,19)(H,20,21). The van der Waals surface area contributed by atoms with Crippen molar-refractivity contribution < 1.29 is 19.8 Å². The second-order valence-electron chi connectivity index (χ2n) is 4.46. The highest BCUT2D eigenvalue weighted by atomic mass is 16.4. The molecule has 0 aliphatic heterocycles. The number of H-pyrrole nitrogens is 1. The maximum Gasteiger partial charge on any atom is 0.355 e. The molecular weight excluding hydrogens is 292 g/mol. The molecule has 1 aromatic carbocycles. The molecule has 0 spiro atoms. The summed E-state index contributed by atoms with van der Waals surface area (Å²) in [4.78, 5) is 36.0. The van der Waals surface area contributed by atoms with E-state index in [9.17, 15) is 14.4 Å². The Morgan fingerprint density at radius 2 is 1.95 bits per heavy atom. The van der Waals surface area contributed by atoms with E-state index in [-0.39, 0.29) is 12.4 Å². The summed E-state index contributed by atoms with van der Waals surface area (Å²) in [6, 6.07) is 6.32. The molecule has 22 heavy (non-hydrogen) atoms. The average molecular weight is 304 g/mol. The molecule has 2 rings (SSSR count). The molecule has 9 nitrogen and oxygen atoms in total. The number of amidine groups is 1. The van der Waals surface area contributed by atoms with Gasteiger partial charge in [0, 0.05) is 5.56 Å². The average Bonchev–Trinajstić information content (AvgIpc) is 2.77. The molecule has 2 aromatic rings. The Labute approximate surface area is 123 Å². The number of nitrogens with zero attached hydrogens (tertiary/aromatic N) is 1. The maximum absolute atomic E-state index is 11.8. The number of aromatic amines is 1. The molecule has 0 bridgehead atoms. The fraction of sp³-hybridized carbons (Fsp3) is 0.0769. The van der Waals surface area contributed by atoms with Crippen LogP contribution in [0.1, 0.15) is 32.1 Å². The molecule has 0 aliphatic rings. The van der Waals surface area contributed by atoms with Gasteiger partial charge in [0.15, 0.2) is 11.4 Å². The van der Waals surface area contributed by atoms with Crippen molar-refractivity contribution in [1.29, 1.82) is 5.41 Å². The first kappa shape index (κ1) is 15.0. The zero-order chi connectivity index (χ0) is 16.4. The van der Waals surface area contributed by atoms with Gasteiger partial charge >= 0.3 is 17.6 Å². The third-order valence-electron chi connectivity index (χ3n) is 2.98. The first-order chi connectivity index (χ1) is 10.3. The summed E-state index contributed by atoms with van der Waals surface area (Å²) in [5, 5.41) is 25.4. The van der Waals surface area contributed by atoms with Gasteiger partial charge in [-0.25, -0.2) is 14.4 Å². The molecule has 0 radical (unpaired) electrons. The summed E-state index contributed by atoms with van der Waals surface area (Å²) in [5.74, 6) is -3.24. The van der Waals surface area contributed by atoms with Crippen LogP contribution in [-0.4, -0.2) is 37.5 Å². The molecule has 1 aromatic heterocycles. The van der Waals surface area contributed by atoms with Gasteiger partial charge < -0.3 is 15.9 Å². The zero-order valence-corrected chi connectivity index (χ0v) is 11.2. The summed E-state index contributed by atoms with van der Waals surface area (Å²) in [6.45, 7) is -0.161. The fourth-order valence-electron chi connectivity index (χ4n) is 2.02. The monoisotopic (exact) mass is 304 g/mol. The lowest BCUT2D eigenvalue weighted by molar-refractivity contribution is 0.0640. The quantitative estimate of drug-likeness (QED) is 0.382. The number of benzene rings is 1. The summed E-state index contributed by atoms with van der Waals surface area (Å²) in [5.41, 5.74) is 4.13. The number of hydrogen-bond acceptors (Lipinski definition) is 4. The van der Waals surface area contributed by atoms with Crippen molar-refractivity contribution in [3.8, 4) is 0 Å². The second-order valence-corrected chi connectivity index (χ2v) is 4.46. The van der Waals surface area contributed by atoms with Crippen molar-refractivity contribution in [2.24, 2.45) is 5.73 Å². The third kappa shape index (κ3) is 2.73. The molecule has 0 saturated carbocycles. The number of carboxylic acid groups (broad SMARTS) is 2. The lowest BCUT2D eigenvalue weighted by atomic mass is 10.1. The van der Waals surface area contributed by atoms with E-state index in [0.717, 1.165) is 4.57 Å². The van der Waals surface area contributed by atoms with Crippen molar-refractivity contribution in [2.75, 3.05) is 0 Å². The summed E-state index contributed by atoms with van der Waals surface area (Å²) >= 11 is 0. The highest BCUT2D eigenvalue weighted by molar-refractivity contribution is 5.99. The molecule has 0 fully saturated rings. The minimum atomic E-state index is -1.54. The number of carboxylic acids is 2. The summed E-state index contributed by atoms with van der Waals surface area (Å²) in [7, 11) is 0. The minimum absolute atomic E-state index is 0.161. The van der Waals surface area contributed by atoms with Gasteiger partial charge in [0.25, 0.3) is 0 Å². The highest BCUT2D eigenvalue weighted by Gasteiger charge is 2.24. The highest BCUT2D eigenvalue weighted by Crippen LogP contribution is 2.10. The zero-order valence-electron chi connectivity index (χ0n) is 11.2. The number of nitrogens with one attached hydrogen (secondary N) is 2.